The van der Waals surface area contributed by atoms with Crippen LogP contribution in [0.2, 0.25) is 0 Å². The number of hydrogen-bond donors (Lipinski definition) is 1. The summed E-state index contributed by atoms with van der Waals surface area (Å²) in [5, 5.41) is 6.73. The Kier molecular flexibility index (Phi) is 1.45. The fourth-order valence-corrected chi connectivity index (χ4v) is 2.89. The molecule has 5 nitrogen and oxygen atoms in total. The van der Waals surface area contributed by atoms with Gasteiger partial charge in [-0.05, 0) is 0 Å². The van der Waals surface area contributed by atoms with Crippen molar-refractivity contribution in [3.05, 3.63) is 0 Å². The summed E-state index contributed by atoms with van der Waals surface area (Å²) in [6.45, 7) is 0. The number of rotatable bonds is 0. The van der Waals surface area contributed by atoms with E-state index >= 15 is 0 Å². The van der Waals surface area contributed by atoms with E-state index in [2.05, 4.69) is 9.24 Å². The topological polar surface area (TPSA) is 68.6 Å². The van der Waals surface area contributed by atoms with Gasteiger partial charge in [0.2, 0.25) is 0 Å². The maximum Gasteiger partial charge on any atom is 0.381 e. The van der Waals surface area contributed by atoms with Gasteiger partial charge in [-0.15, -0.1) is 9.24 Å². The van der Waals surface area contributed by atoms with E-state index in [4.69, 9.17) is 19.6 Å². The van der Waals surface area contributed by atoms with Crippen molar-refractivity contribution in [3.63, 3.8) is 0 Å². The predicted molar refractivity (Wildman–Crippen MR) is 49.0 cm³/mol. The lowest BCUT2D eigenvalue weighted by Gasteiger charge is -2.29. The van der Waals surface area contributed by atoms with Crippen LogP contribution in [0.5, 0.6) is 0 Å². The van der Waals surface area contributed by atoms with Gasteiger partial charge >= 0.3 is 12.1 Å². The van der Waals surface area contributed by atoms with Crippen LogP contribution < -0.4 is 0 Å². The second-order valence-corrected chi connectivity index (χ2v) is 5.14. The Balaban J connectivity index is 1.94. The van der Waals surface area contributed by atoms with Crippen LogP contribution in [-0.2, 0) is 19.0 Å². The predicted octanol–water partition coefficient (Wildman–Crippen LogP) is 0.0383. The highest BCUT2D eigenvalue weighted by molar-refractivity contribution is 7.21. The Morgan fingerprint density at radius 3 is 2.64 bits per heavy atom. The second kappa shape index (κ2) is 2.40. The molecule has 2 bridgehead atoms. The molecule has 3 rings (SSSR count). The number of carbonyl (C=O) groups is 1. The van der Waals surface area contributed by atoms with Crippen LogP contribution in [0, 0.1) is 5.41 Å². The SMILES string of the molecule is N=C1O[C@@H]2[C@@H](C[C@]3(P)C[C@H]2OC3=O)O1. The average molecular weight is 215 g/mol. The van der Waals surface area contributed by atoms with Crippen LogP contribution in [0.4, 0.5) is 0 Å². The Bertz CT molecular complexity index is 331. The van der Waals surface area contributed by atoms with Crippen molar-refractivity contribution in [2.45, 2.75) is 36.3 Å². The molecule has 3 fully saturated rings. The molecular formula is C8H10NO4P. The molecular weight excluding hydrogens is 205 g/mol. The fourth-order valence-electron chi connectivity index (χ4n) is 2.35. The van der Waals surface area contributed by atoms with Gasteiger partial charge in [0, 0.05) is 12.8 Å². The Labute approximate surface area is 82.8 Å². The van der Waals surface area contributed by atoms with E-state index in [1.165, 1.54) is 0 Å². The third-order valence-electron chi connectivity index (χ3n) is 3.03. The Hall–Kier alpha value is -0.830. The van der Waals surface area contributed by atoms with Crippen LogP contribution in [0.3, 0.4) is 0 Å². The third-order valence-corrected chi connectivity index (χ3v) is 3.74. The van der Waals surface area contributed by atoms with Crippen LogP contribution in [0.25, 0.3) is 0 Å². The number of nitrogens with one attached hydrogen (secondary N) is 1. The number of carbonyl (C=O) groups excluding carboxylic acids is 1. The van der Waals surface area contributed by atoms with Crippen molar-refractivity contribution in [3.8, 4) is 0 Å². The zero-order valence-electron chi connectivity index (χ0n) is 7.36. The van der Waals surface area contributed by atoms with E-state index < -0.39 is 5.16 Å². The lowest BCUT2D eigenvalue weighted by Crippen LogP contribution is -2.43. The van der Waals surface area contributed by atoms with E-state index in [0.29, 0.717) is 12.8 Å². The average Bonchev–Trinajstić information content (AvgIpc) is 2.54. The number of esters is 1. The van der Waals surface area contributed by atoms with Crippen molar-refractivity contribution in [2.75, 3.05) is 0 Å². The second-order valence-electron chi connectivity index (χ2n) is 4.03. The fraction of sp³-hybridized carbons (Fsp3) is 0.750. The van der Waals surface area contributed by atoms with Crippen molar-refractivity contribution >= 4 is 21.3 Å². The van der Waals surface area contributed by atoms with Gasteiger partial charge in [-0.2, -0.15) is 0 Å². The van der Waals surface area contributed by atoms with E-state index in [9.17, 15) is 4.79 Å². The highest BCUT2D eigenvalue weighted by Gasteiger charge is 2.60. The summed E-state index contributed by atoms with van der Waals surface area (Å²) in [4.78, 5) is 11.5. The molecule has 3 aliphatic rings. The molecule has 1 unspecified atom stereocenters. The normalized spacial score (nSPS) is 49.4. The zero-order chi connectivity index (χ0) is 9.92. The molecule has 1 saturated carbocycles. The summed E-state index contributed by atoms with van der Waals surface area (Å²) in [6, 6.07) is 0. The van der Waals surface area contributed by atoms with E-state index in [1.807, 2.05) is 0 Å². The number of hydrogen-bond acceptors (Lipinski definition) is 5. The largest absolute Gasteiger partial charge is 0.458 e. The lowest BCUT2D eigenvalue weighted by atomic mass is 9.85. The highest BCUT2D eigenvalue weighted by Crippen LogP contribution is 2.47. The first-order chi connectivity index (χ1) is 6.58. The standard InChI is InChI=1S/C8H10NO4P/c9-7-12-4-2-8(14)1-3(5(4)13-7)11-6(8)10/h3-5,9H,1-2,14H2/t3-,4-,5+,8-/m1/s1. The van der Waals surface area contributed by atoms with Gasteiger partial charge in [0.25, 0.3) is 0 Å². The minimum Gasteiger partial charge on any atom is -0.458 e. The first kappa shape index (κ1) is 8.48. The first-order valence-electron chi connectivity index (χ1n) is 4.50. The monoisotopic (exact) mass is 215 g/mol. The van der Waals surface area contributed by atoms with Gasteiger partial charge in [-0.3, -0.25) is 4.79 Å². The highest BCUT2D eigenvalue weighted by atomic mass is 31.0. The summed E-state index contributed by atoms with van der Waals surface area (Å²) >= 11 is 0. The van der Waals surface area contributed by atoms with E-state index in [1.54, 1.807) is 0 Å². The van der Waals surface area contributed by atoms with Gasteiger partial charge in [-0.25, -0.2) is 5.41 Å². The van der Waals surface area contributed by atoms with E-state index in [0.717, 1.165) is 0 Å². The molecule has 1 aliphatic carbocycles. The van der Waals surface area contributed by atoms with Crippen molar-refractivity contribution in [2.24, 2.45) is 0 Å². The summed E-state index contributed by atoms with van der Waals surface area (Å²) in [5.41, 5.74) is 0. The zero-order valence-corrected chi connectivity index (χ0v) is 8.51. The quantitative estimate of drug-likeness (QED) is 0.457. The Morgan fingerprint density at radius 1 is 1.29 bits per heavy atom. The summed E-state index contributed by atoms with van der Waals surface area (Å²) in [6.07, 6.45) is 0.320. The summed E-state index contributed by atoms with van der Waals surface area (Å²) < 4.78 is 15.5. The van der Waals surface area contributed by atoms with Crippen LogP contribution in [0.15, 0.2) is 0 Å². The summed E-state index contributed by atoms with van der Waals surface area (Å²) in [5.74, 6) is -0.194. The first-order valence-corrected chi connectivity index (χ1v) is 5.08. The molecule has 2 aliphatic heterocycles. The van der Waals surface area contributed by atoms with Crippen LogP contribution in [0.1, 0.15) is 12.8 Å². The molecule has 2 heterocycles. The van der Waals surface area contributed by atoms with Gasteiger partial charge in [0.15, 0.2) is 6.10 Å². The molecule has 0 aromatic heterocycles. The molecule has 0 spiro atoms. The number of ether oxygens (including phenoxy) is 3. The minimum atomic E-state index is -0.514. The molecule has 14 heavy (non-hydrogen) atoms. The molecule has 6 heteroatoms. The summed E-state index contributed by atoms with van der Waals surface area (Å²) in [7, 11) is 2.55. The molecule has 0 aromatic carbocycles. The molecule has 76 valence electrons. The van der Waals surface area contributed by atoms with Gasteiger partial charge in [-0.1, -0.05) is 0 Å². The molecule has 2 saturated heterocycles. The van der Waals surface area contributed by atoms with Gasteiger partial charge in [0.1, 0.15) is 12.2 Å². The molecule has 5 atom stereocenters. The van der Waals surface area contributed by atoms with Gasteiger partial charge in [0.05, 0.1) is 5.16 Å². The Morgan fingerprint density at radius 2 is 1.93 bits per heavy atom. The number of fused-ring (bicyclic) bond motifs is 4. The van der Waals surface area contributed by atoms with Crippen LogP contribution >= 0.6 is 9.24 Å². The molecule has 0 aromatic rings. The smallest absolute Gasteiger partial charge is 0.381 e. The lowest BCUT2D eigenvalue weighted by molar-refractivity contribution is -0.144. The third kappa shape index (κ3) is 0.934. The van der Waals surface area contributed by atoms with Crippen LogP contribution in [-0.4, -0.2) is 35.5 Å². The maximum absolute atomic E-state index is 11.5. The molecule has 0 amide bonds. The molecule has 1 N–H and O–H groups in total. The van der Waals surface area contributed by atoms with Gasteiger partial charge < -0.3 is 14.2 Å². The van der Waals surface area contributed by atoms with Crippen molar-refractivity contribution < 1.29 is 19.0 Å². The van der Waals surface area contributed by atoms with Crippen molar-refractivity contribution in [1.82, 2.24) is 0 Å². The van der Waals surface area contributed by atoms with Crippen molar-refractivity contribution in [1.29, 1.82) is 5.41 Å². The molecule has 0 radical (unpaired) electrons. The minimum absolute atomic E-state index is 0.155. The van der Waals surface area contributed by atoms with E-state index in [-0.39, 0.29) is 30.4 Å². The maximum atomic E-state index is 11.5.